The Morgan fingerprint density at radius 3 is 1.65 bits per heavy atom. The second-order valence-corrected chi connectivity index (χ2v) is 22.9. The predicted octanol–water partition coefficient (Wildman–Crippen LogP) is 16.5. The molecule has 0 atom stereocenters. The molecule has 2 amide bonds. The molecule has 0 saturated carbocycles. The Bertz CT molecular complexity index is 2220. The molecule has 0 aromatic carbocycles. The van der Waals surface area contributed by atoms with Gasteiger partial charge in [-0.05, 0) is 135 Å². The highest BCUT2D eigenvalue weighted by atomic mass is 35.5. The number of amides is 2. The van der Waals surface area contributed by atoms with Gasteiger partial charge in [0.1, 0.15) is 5.60 Å². The van der Waals surface area contributed by atoms with Gasteiger partial charge >= 0.3 is 6.09 Å². The van der Waals surface area contributed by atoms with Crippen molar-refractivity contribution in [3.63, 3.8) is 0 Å². The summed E-state index contributed by atoms with van der Waals surface area (Å²) in [5, 5.41) is 17.6. The van der Waals surface area contributed by atoms with E-state index < -0.39 is 11.7 Å². The lowest BCUT2D eigenvalue weighted by Gasteiger charge is -2.19. The van der Waals surface area contributed by atoms with Crippen LogP contribution in [0.4, 0.5) is 16.7 Å². The third-order valence-corrected chi connectivity index (χ3v) is 13.8. The summed E-state index contributed by atoms with van der Waals surface area (Å²) >= 11 is 0. The van der Waals surface area contributed by atoms with Crippen molar-refractivity contribution in [3.8, 4) is 12.3 Å². The van der Waals surface area contributed by atoms with Gasteiger partial charge in [-0.15, -0.1) is 29.8 Å². The SMILES string of the molecule is C#CCCCCCc1cn(C(=O)OC(C)(C)C)c(N)n1.CCCCCCCCC=CCCCCCCCC(=O)NCCN=[N+]=[N-].CCCCCCCCC=CCCCCCCCC(=O)NCCn1cc(CCCCCc2cnc(N)[nH]2)nn1.Cl. The number of aryl methyl sites for hydroxylation is 3. The van der Waals surface area contributed by atoms with Gasteiger partial charge in [-0.25, -0.2) is 19.3 Å². The number of aromatic nitrogens is 7. The van der Waals surface area contributed by atoms with Crippen LogP contribution in [0.15, 0.2) is 48.0 Å². The van der Waals surface area contributed by atoms with Crippen LogP contribution in [-0.4, -0.2) is 77.7 Å². The van der Waals surface area contributed by atoms with Crippen molar-refractivity contribution >= 4 is 42.2 Å². The molecule has 0 radical (unpaired) electrons. The van der Waals surface area contributed by atoms with Gasteiger partial charge in [-0.1, -0.05) is 164 Å². The fourth-order valence-electron chi connectivity index (χ4n) is 9.09. The van der Waals surface area contributed by atoms with Crippen LogP contribution in [0.1, 0.15) is 276 Å². The largest absolute Gasteiger partial charge is 0.443 e. The number of nitrogens with two attached hydrogens (primary N) is 2. The number of halogens is 1. The van der Waals surface area contributed by atoms with Gasteiger partial charge in [0.05, 0.1) is 24.1 Å². The monoisotopic (exact) mass is 1190 g/mol. The van der Waals surface area contributed by atoms with E-state index in [2.05, 4.69) is 90.0 Å². The van der Waals surface area contributed by atoms with Gasteiger partial charge in [0.2, 0.25) is 17.8 Å². The number of carbonyl (C=O) groups excluding carboxylic acids is 3. The molecule has 84 heavy (non-hydrogen) atoms. The number of anilines is 2. The van der Waals surface area contributed by atoms with Gasteiger partial charge < -0.3 is 31.8 Å². The summed E-state index contributed by atoms with van der Waals surface area (Å²) in [6.07, 6.45) is 63.5. The first kappa shape index (κ1) is 78.2. The molecule has 7 N–H and O–H groups in total. The van der Waals surface area contributed by atoms with Gasteiger partial charge in [-0.3, -0.25) is 14.3 Å². The Hall–Kier alpha value is -5.79. The highest BCUT2D eigenvalue weighted by Gasteiger charge is 2.20. The average molecular weight is 1190 g/mol. The maximum atomic E-state index is 12.1. The number of nitrogens with one attached hydrogen (secondary N) is 3. The molecule has 0 fully saturated rings. The van der Waals surface area contributed by atoms with Gasteiger partial charge in [0.15, 0.2) is 5.95 Å². The fourth-order valence-corrected chi connectivity index (χ4v) is 9.09. The lowest BCUT2D eigenvalue weighted by atomic mass is 10.1. The Kier molecular flexibility index (Phi) is 51.3. The van der Waals surface area contributed by atoms with Crippen molar-refractivity contribution in [3.05, 3.63) is 70.4 Å². The number of hydrogen-bond acceptors (Lipinski definition) is 11. The second kappa shape index (κ2) is 55.1. The van der Waals surface area contributed by atoms with E-state index in [9.17, 15) is 14.4 Å². The number of nitrogens with zero attached hydrogens (tertiary/aromatic N) is 9. The smallest absolute Gasteiger partial charge is 0.421 e. The number of aromatic amines is 1. The number of nitrogen functional groups attached to an aromatic ring is 2. The minimum Gasteiger partial charge on any atom is -0.443 e. The first-order chi connectivity index (χ1) is 40.3. The first-order valence-electron chi connectivity index (χ1n) is 32.3. The van der Waals surface area contributed by atoms with E-state index in [1.54, 1.807) is 12.4 Å². The molecular weight excluding hydrogens is 1080 g/mol. The molecule has 0 aliphatic rings. The van der Waals surface area contributed by atoms with Crippen LogP contribution in [0.5, 0.6) is 0 Å². The normalized spacial score (nSPS) is 11.0. The number of ether oxygens (including phenoxy) is 1. The lowest BCUT2D eigenvalue weighted by molar-refractivity contribution is -0.122. The number of allylic oxidation sites excluding steroid dienone is 4. The van der Waals surface area contributed by atoms with Crippen molar-refractivity contribution in [1.29, 1.82) is 0 Å². The van der Waals surface area contributed by atoms with Crippen LogP contribution in [0.2, 0.25) is 0 Å². The summed E-state index contributed by atoms with van der Waals surface area (Å²) in [6, 6.07) is 0. The number of terminal acetylenes is 1. The van der Waals surface area contributed by atoms with Gasteiger partial charge in [0.25, 0.3) is 0 Å². The molecule has 0 spiro atoms. The Morgan fingerprint density at radius 1 is 0.679 bits per heavy atom. The first-order valence-corrected chi connectivity index (χ1v) is 32.3. The molecule has 476 valence electrons. The zero-order valence-corrected chi connectivity index (χ0v) is 53.9. The molecule has 0 bridgehead atoms. The number of hydrogen-bond donors (Lipinski definition) is 5. The van der Waals surface area contributed by atoms with E-state index in [0.29, 0.717) is 45.0 Å². The zero-order chi connectivity index (χ0) is 60.7. The molecule has 18 nitrogen and oxygen atoms in total. The lowest BCUT2D eigenvalue weighted by Crippen LogP contribution is -2.27. The van der Waals surface area contributed by atoms with E-state index in [1.165, 1.54) is 146 Å². The predicted molar refractivity (Wildman–Crippen MR) is 350 cm³/mol. The van der Waals surface area contributed by atoms with Crippen LogP contribution in [0, 0.1) is 12.3 Å². The van der Waals surface area contributed by atoms with E-state index in [0.717, 1.165) is 107 Å². The number of H-pyrrole nitrogens is 1. The highest BCUT2D eigenvalue weighted by molar-refractivity contribution is 5.85. The van der Waals surface area contributed by atoms with Gasteiger partial charge in [0, 0.05) is 61.9 Å². The Morgan fingerprint density at radius 2 is 1.15 bits per heavy atom. The highest BCUT2D eigenvalue weighted by Crippen LogP contribution is 2.16. The van der Waals surface area contributed by atoms with Crippen molar-refractivity contribution in [2.24, 2.45) is 5.11 Å². The zero-order valence-electron chi connectivity index (χ0n) is 53.0. The molecule has 0 saturated heterocycles. The van der Waals surface area contributed by atoms with E-state index in [1.807, 2.05) is 31.6 Å². The fraction of sp³-hybridized carbons (Fsp3) is 0.738. The summed E-state index contributed by atoms with van der Waals surface area (Å²) in [7, 11) is 0. The standard InChI is InChI=1S/C30H53N7O.C20H38N4O.C15H23N3O2.ClH/c1-2-3-4-5-6-7-8-9-10-11-12-13-14-15-19-22-29(38)32-23-24-37-26-28(35-36-37)21-18-16-17-20-27-25-33-30(31)34-27;1-2-3-4-5-6-7-8-9-10-11-12-13-14-15-16-17-20(25)22-18-19-23-24-21;1-5-6-7-8-9-10-12-11-18(13(16)17-12)14(19)20-15(2,3)4;/h9-10,25-26H,2-8,11-24H2,1H3,(H,32,38)(H3,31,33,34);9-10H,2-8,11-19H2,1H3,(H,22,25);1,11H,6-10H2,2-4H3,(H2,16,17);1H. The van der Waals surface area contributed by atoms with Crippen LogP contribution in [-0.2, 0) is 40.1 Å². The Balaban J connectivity index is 0.00000130. The number of rotatable bonds is 47. The molecule has 0 aliphatic carbocycles. The number of unbranched alkanes of at least 4 members (excludes halogenated alkanes) is 27. The quantitative estimate of drug-likeness (QED) is 0.00891. The third kappa shape index (κ3) is 48.6. The maximum absolute atomic E-state index is 12.1. The summed E-state index contributed by atoms with van der Waals surface area (Å²) in [6.45, 7) is 12.0. The molecule has 3 rings (SSSR count). The minimum atomic E-state index is -0.552. The number of imidazole rings is 2. The second-order valence-electron chi connectivity index (χ2n) is 22.9. The summed E-state index contributed by atoms with van der Waals surface area (Å²) in [4.78, 5) is 49.4. The van der Waals surface area contributed by atoms with Crippen molar-refractivity contribution in [1.82, 2.24) is 45.1 Å². The molecule has 0 unspecified atom stereocenters. The minimum absolute atomic E-state index is 0. The van der Waals surface area contributed by atoms with Crippen LogP contribution in [0.25, 0.3) is 10.4 Å². The van der Waals surface area contributed by atoms with Crippen LogP contribution >= 0.6 is 12.4 Å². The topological polar surface area (TPSA) is 263 Å². The number of carbonyl (C=O) groups is 3. The van der Waals surface area contributed by atoms with Gasteiger partial charge in [-0.2, -0.15) is 0 Å². The average Bonchev–Trinajstić information content (AvgIpc) is 4.23. The molecule has 3 aromatic rings. The van der Waals surface area contributed by atoms with E-state index in [4.69, 9.17) is 28.2 Å². The summed E-state index contributed by atoms with van der Waals surface area (Å²) in [5.74, 6) is 3.46. The summed E-state index contributed by atoms with van der Waals surface area (Å²) in [5.41, 5.74) is 21.8. The maximum Gasteiger partial charge on any atom is 0.421 e. The molecule has 3 aromatic heterocycles. The third-order valence-electron chi connectivity index (χ3n) is 13.8. The van der Waals surface area contributed by atoms with Crippen LogP contribution in [0.3, 0.4) is 0 Å². The molecular formula is C65H115ClN14O4. The van der Waals surface area contributed by atoms with E-state index in [-0.39, 0.29) is 30.2 Å². The Labute approximate surface area is 514 Å². The van der Waals surface area contributed by atoms with Crippen molar-refractivity contribution in [2.45, 2.75) is 291 Å². The molecule has 0 aliphatic heterocycles. The van der Waals surface area contributed by atoms with Crippen molar-refractivity contribution in [2.75, 3.05) is 31.1 Å². The van der Waals surface area contributed by atoms with Crippen molar-refractivity contribution < 1.29 is 19.1 Å². The number of azide groups is 1. The summed E-state index contributed by atoms with van der Waals surface area (Å²) < 4.78 is 8.33. The molecule has 19 heteroatoms. The van der Waals surface area contributed by atoms with E-state index >= 15 is 0 Å². The van der Waals surface area contributed by atoms with Crippen LogP contribution < -0.4 is 22.1 Å². The molecule has 3 heterocycles.